The largest absolute Gasteiger partial charge is 0.393 e. The van der Waals surface area contributed by atoms with E-state index in [-0.39, 0.29) is 11.9 Å². The van der Waals surface area contributed by atoms with Gasteiger partial charge in [0.1, 0.15) is 5.82 Å². The quantitative estimate of drug-likeness (QED) is 0.843. The lowest BCUT2D eigenvalue weighted by Gasteiger charge is -2.26. The number of hydrogen-bond acceptors (Lipinski definition) is 2. The van der Waals surface area contributed by atoms with Crippen LogP contribution in [0, 0.1) is 11.7 Å². The molecule has 2 rings (SSSR count). The highest BCUT2D eigenvalue weighted by molar-refractivity contribution is 5.15. The predicted molar refractivity (Wildman–Crippen MR) is 66.1 cm³/mol. The number of halogens is 1. The van der Waals surface area contributed by atoms with Gasteiger partial charge in [-0.05, 0) is 49.4 Å². The maximum Gasteiger partial charge on any atom is 0.123 e. The molecule has 3 heteroatoms. The van der Waals surface area contributed by atoms with Gasteiger partial charge in [0.15, 0.2) is 0 Å². The third-order valence-corrected chi connectivity index (χ3v) is 3.43. The van der Waals surface area contributed by atoms with Gasteiger partial charge >= 0.3 is 0 Å². The van der Waals surface area contributed by atoms with Crippen LogP contribution in [0.1, 0.15) is 31.2 Å². The topological polar surface area (TPSA) is 32.3 Å². The molecule has 94 valence electrons. The normalized spacial score (nSPS) is 24.8. The summed E-state index contributed by atoms with van der Waals surface area (Å²) in [6.07, 6.45) is 4.09. The van der Waals surface area contributed by atoms with Crippen molar-refractivity contribution in [1.82, 2.24) is 5.32 Å². The summed E-state index contributed by atoms with van der Waals surface area (Å²) >= 11 is 0. The van der Waals surface area contributed by atoms with E-state index in [9.17, 15) is 9.50 Å². The molecule has 1 aromatic rings. The van der Waals surface area contributed by atoms with Crippen LogP contribution in [0.4, 0.5) is 4.39 Å². The van der Waals surface area contributed by atoms with Gasteiger partial charge in [0.25, 0.3) is 0 Å². The summed E-state index contributed by atoms with van der Waals surface area (Å²) in [7, 11) is 0. The molecule has 2 unspecified atom stereocenters. The first kappa shape index (κ1) is 12.5. The summed E-state index contributed by atoms with van der Waals surface area (Å²) in [6, 6.07) is 6.58. The molecule has 0 aromatic heterocycles. The summed E-state index contributed by atoms with van der Waals surface area (Å²) < 4.78 is 12.7. The van der Waals surface area contributed by atoms with Crippen LogP contribution in [0.5, 0.6) is 0 Å². The molecule has 0 amide bonds. The molecule has 0 heterocycles. The van der Waals surface area contributed by atoms with E-state index >= 15 is 0 Å². The van der Waals surface area contributed by atoms with Crippen molar-refractivity contribution in [2.24, 2.45) is 5.92 Å². The molecule has 17 heavy (non-hydrogen) atoms. The maximum absolute atomic E-state index is 12.7. The highest BCUT2D eigenvalue weighted by Gasteiger charge is 2.19. The molecular weight excluding hydrogens is 217 g/mol. The number of nitrogens with one attached hydrogen (secondary N) is 1. The van der Waals surface area contributed by atoms with Crippen LogP contribution in [0.3, 0.4) is 0 Å². The standard InChI is InChI=1S/C14H20FNO/c15-13-6-4-11(5-7-13)9-16-10-12-2-1-3-14(17)8-12/h4-7,12,14,16-17H,1-3,8-10H2. The minimum Gasteiger partial charge on any atom is -0.393 e. The van der Waals surface area contributed by atoms with Crippen molar-refractivity contribution in [2.45, 2.75) is 38.3 Å². The zero-order valence-electron chi connectivity index (χ0n) is 10.0. The van der Waals surface area contributed by atoms with Gasteiger partial charge in [0, 0.05) is 6.54 Å². The van der Waals surface area contributed by atoms with Crippen LogP contribution < -0.4 is 5.32 Å². The molecule has 1 aliphatic rings. The average molecular weight is 237 g/mol. The van der Waals surface area contributed by atoms with Gasteiger partial charge < -0.3 is 10.4 Å². The first-order valence-electron chi connectivity index (χ1n) is 6.37. The highest BCUT2D eigenvalue weighted by Crippen LogP contribution is 2.23. The molecular formula is C14H20FNO. The van der Waals surface area contributed by atoms with E-state index < -0.39 is 0 Å². The highest BCUT2D eigenvalue weighted by atomic mass is 19.1. The Bertz CT molecular complexity index is 339. The fourth-order valence-electron chi connectivity index (χ4n) is 2.47. The predicted octanol–water partition coefficient (Wildman–Crippen LogP) is 2.47. The molecule has 0 aliphatic heterocycles. The number of benzene rings is 1. The Hall–Kier alpha value is -0.930. The molecule has 1 aromatic carbocycles. The van der Waals surface area contributed by atoms with E-state index in [4.69, 9.17) is 0 Å². The fraction of sp³-hybridized carbons (Fsp3) is 0.571. The Labute approximate surface area is 102 Å². The van der Waals surface area contributed by atoms with Crippen molar-refractivity contribution in [3.63, 3.8) is 0 Å². The Balaban J connectivity index is 1.70. The molecule has 0 bridgehead atoms. The van der Waals surface area contributed by atoms with E-state index in [0.29, 0.717) is 5.92 Å². The van der Waals surface area contributed by atoms with Crippen LogP contribution in [-0.2, 0) is 6.54 Å². The molecule has 0 saturated heterocycles. The van der Waals surface area contributed by atoms with Crippen molar-refractivity contribution >= 4 is 0 Å². The summed E-state index contributed by atoms with van der Waals surface area (Å²) in [4.78, 5) is 0. The molecule has 1 aliphatic carbocycles. The van der Waals surface area contributed by atoms with E-state index in [1.807, 2.05) is 0 Å². The number of hydrogen-bond donors (Lipinski definition) is 2. The minimum absolute atomic E-state index is 0.110. The van der Waals surface area contributed by atoms with E-state index in [0.717, 1.165) is 37.9 Å². The van der Waals surface area contributed by atoms with Gasteiger partial charge in [0.05, 0.1) is 6.10 Å². The molecule has 1 fully saturated rings. The third kappa shape index (κ3) is 4.10. The molecule has 0 radical (unpaired) electrons. The van der Waals surface area contributed by atoms with Crippen LogP contribution in [0.15, 0.2) is 24.3 Å². The lowest BCUT2D eigenvalue weighted by molar-refractivity contribution is 0.101. The van der Waals surface area contributed by atoms with Gasteiger partial charge in [-0.3, -0.25) is 0 Å². The van der Waals surface area contributed by atoms with Gasteiger partial charge in [-0.15, -0.1) is 0 Å². The number of rotatable bonds is 4. The lowest BCUT2D eigenvalue weighted by atomic mass is 9.87. The summed E-state index contributed by atoms with van der Waals surface area (Å²) in [5.74, 6) is 0.392. The summed E-state index contributed by atoms with van der Waals surface area (Å²) in [5.41, 5.74) is 1.10. The van der Waals surface area contributed by atoms with E-state index in [2.05, 4.69) is 5.32 Å². The first-order chi connectivity index (χ1) is 8.24. The second kappa shape index (κ2) is 6.12. The van der Waals surface area contributed by atoms with Crippen LogP contribution in [-0.4, -0.2) is 17.8 Å². The van der Waals surface area contributed by atoms with Crippen LogP contribution >= 0.6 is 0 Å². The molecule has 2 nitrogen and oxygen atoms in total. The zero-order chi connectivity index (χ0) is 12.1. The third-order valence-electron chi connectivity index (χ3n) is 3.43. The smallest absolute Gasteiger partial charge is 0.123 e. The Morgan fingerprint density at radius 1 is 1.24 bits per heavy atom. The fourth-order valence-corrected chi connectivity index (χ4v) is 2.47. The number of aliphatic hydroxyl groups is 1. The van der Waals surface area contributed by atoms with E-state index in [1.54, 1.807) is 12.1 Å². The maximum atomic E-state index is 12.7. The van der Waals surface area contributed by atoms with Crippen molar-refractivity contribution < 1.29 is 9.50 Å². The minimum atomic E-state index is -0.191. The van der Waals surface area contributed by atoms with Crippen LogP contribution in [0.25, 0.3) is 0 Å². The van der Waals surface area contributed by atoms with Crippen molar-refractivity contribution in [1.29, 1.82) is 0 Å². The first-order valence-corrected chi connectivity index (χ1v) is 6.37. The van der Waals surface area contributed by atoms with Crippen molar-refractivity contribution in [3.8, 4) is 0 Å². The number of aliphatic hydroxyl groups excluding tert-OH is 1. The molecule has 2 N–H and O–H groups in total. The van der Waals surface area contributed by atoms with Gasteiger partial charge in [-0.1, -0.05) is 18.6 Å². The lowest BCUT2D eigenvalue weighted by Crippen LogP contribution is -2.28. The monoisotopic (exact) mass is 237 g/mol. The zero-order valence-corrected chi connectivity index (χ0v) is 10.0. The second-order valence-electron chi connectivity index (χ2n) is 4.94. The molecule has 0 spiro atoms. The van der Waals surface area contributed by atoms with E-state index in [1.165, 1.54) is 18.6 Å². The Morgan fingerprint density at radius 2 is 2.00 bits per heavy atom. The second-order valence-corrected chi connectivity index (χ2v) is 4.94. The van der Waals surface area contributed by atoms with Crippen molar-refractivity contribution in [3.05, 3.63) is 35.6 Å². The molecule has 1 saturated carbocycles. The summed E-state index contributed by atoms with van der Waals surface area (Å²) in [5, 5.41) is 12.9. The van der Waals surface area contributed by atoms with Gasteiger partial charge in [0.2, 0.25) is 0 Å². The van der Waals surface area contributed by atoms with Gasteiger partial charge in [-0.2, -0.15) is 0 Å². The van der Waals surface area contributed by atoms with Gasteiger partial charge in [-0.25, -0.2) is 4.39 Å². The Morgan fingerprint density at radius 3 is 2.71 bits per heavy atom. The molecule has 2 atom stereocenters. The van der Waals surface area contributed by atoms with Crippen LogP contribution in [0.2, 0.25) is 0 Å². The van der Waals surface area contributed by atoms with Crippen molar-refractivity contribution in [2.75, 3.05) is 6.54 Å². The SMILES string of the molecule is OC1CCCC(CNCc2ccc(F)cc2)C1. The summed E-state index contributed by atoms with van der Waals surface area (Å²) in [6.45, 7) is 1.71. The average Bonchev–Trinajstić information content (AvgIpc) is 2.32. The Kier molecular flexibility index (Phi) is 4.51.